The Morgan fingerprint density at radius 3 is 2.48 bits per heavy atom. The highest BCUT2D eigenvalue weighted by atomic mass is 16.5. The molecule has 138 valence electrons. The third-order valence-corrected chi connectivity index (χ3v) is 4.63. The Balaban J connectivity index is 1.92. The van der Waals surface area contributed by atoms with Crippen LogP contribution in [0, 0.1) is 12.3 Å². The number of aryl methyl sites for hydroxylation is 1. The van der Waals surface area contributed by atoms with E-state index >= 15 is 0 Å². The van der Waals surface area contributed by atoms with Gasteiger partial charge in [-0.15, -0.1) is 0 Å². The van der Waals surface area contributed by atoms with Gasteiger partial charge in [0, 0.05) is 45.5 Å². The van der Waals surface area contributed by atoms with Crippen molar-refractivity contribution in [2.45, 2.75) is 20.8 Å². The van der Waals surface area contributed by atoms with Gasteiger partial charge in [-0.1, -0.05) is 12.1 Å². The minimum atomic E-state index is -1.07. The fraction of sp³-hybridized carbons (Fsp3) is 0.579. The minimum Gasteiger partial charge on any atom is -0.383 e. The molecule has 0 atom stereocenters. The average Bonchev–Trinajstić information content (AvgIpc) is 2.61. The van der Waals surface area contributed by atoms with Gasteiger partial charge in [0.05, 0.1) is 6.61 Å². The molecule has 0 spiro atoms. The van der Waals surface area contributed by atoms with Crippen molar-refractivity contribution < 1.29 is 14.3 Å². The Morgan fingerprint density at radius 1 is 1.20 bits per heavy atom. The normalized spacial score (nSPS) is 15.2. The van der Waals surface area contributed by atoms with Crippen LogP contribution in [0.1, 0.15) is 19.4 Å². The Morgan fingerprint density at radius 2 is 1.88 bits per heavy atom. The van der Waals surface area contributed by atoms with Crippen molar-refractivity contribution >= 4 is 17.5 Å². The number of piperazine rings is 1. The van der Waals surface area contributed by atoms with Gasteiger partial charge in [0.1, 0.15) is 5.41 Å². The van der Waals surface area contributed by atoms with Gasteiger partial charge in [0.25, 0.3) is 0 Å². The van der Waals surface area contributed by atoms with Crippen LogP contribution in [0.25, 0.3) is 0 Å². The van der Waals surface area contributed by atoms with Crippen LogP contribution in [0.15, 0.2) is 24.3 Å². The van der Waals surface area contributed by atoms with Crippen LogP contribution in [0.4, 0.5) is 5.69 Å². The predicted octanol–water partition coefficient (Wildman–Crippen LogP) is 1.43. The molecule has 0 saturated carbocycles. The van der Waals surface area contributed by atoms with Crippen molar-refractivity contribution in [3.05, 3.63) is 29.8 Å². The first-order chi connectivity index (χ1) is 11.9. The number of nitrogens with one attached hydrogen (secondary N) is 1. The number of carbonyl (C=O) groups is 2. The molecule has 1 aromatic rings. The number of anilines is 1. The molecule has 2 rings (SSSR count). The van der Waals surface area contributed by atoms with E-state index in [0.717, 1.165) is 13.1 Å². The Bertz CT molecular complexity index is 608. The Hall–Kier alpha value is -2.08. The van der Waals surface area contributed by atoms with Crippen LogP contribution in [-0.4, -0.2) is 63.2 Å². The molecule has 1 aliphatic rings. The van der Waals surface area contributed by atoms with E-state index < -0.39 is 5.41 Å². The zero-order valence-corrected chi connectivity index (χ0v) is 15.7. The summed E-state index contributed by atoms with van der Waals surface area (Å²) in [6.45, 7) is 9.09. The van der Waals surface area contributed by atoms with Crippen molar-refractivity contribution in [1.29, 1.82) is 0 Å². The van der Waals surface area contributed by atoms with E-state index in [2.05, 4.69) is 41.4 Å². The summed E-state index contributed by atoms with van der Waals surface area (Å²) >= 11 is 0. The van der Waals surface area contributed by atoms with E-state index in [-0.39, 0.29) is 11.8 Å². The molecule has 6 nitrogen and oxygen atoms in total. The van der Waals surface area contributed by atoms with Gasteiger partial charge in [-0.25, -0.2) is 0 Å². The second-order valence-electron chi connectivity index (χ2n) is 6.99. The van der Waals surface area contributed by atoms with E-state index in [0.29, 0.717) is 26.2 Å². The van der Waals surface area contributed by atoms with E-state index in [1.807, 2.05) is 0 Å². The molecule has 1 aliphatic heterocycles. The number of hydrogen-bond acceptors (Lipinski definition) is 4. The maximum absolute atomic E-state index is 12.8. The van der Waals surface area contributed by atoms with Crippen molar-refractivity contribution in [3.8, 4) is 0 Å². The summed E-state index contributed by atoms with van der Waals surface area (Å²) < 4.78 is 4.93. The van der Waals surface area contributed by atoms with Gasteiger partial charge in [-0.2, -0.15) is 0 Å². The molecule has 25 heavy (non-hydrogen) atoms. The van der Waals surface area contributed by atoms with Crippen LogP contribution in [0.2, 0.25) is 0 Å². The average molecular weight is 347 g/mol. The smallest absolute Gasteiger partial charge is 0.237 e. The van der Waals surface area contributed by atoms with Gasteiger partial charge in [0.15, 0.2) is 0 Å². The zero-order valence-electron chi connectivity index (χ0n) is 15.7. The third-order valence-electron chi connectivity index (χ3n) is 4.63. The van der Waals surface area contributed by atoms with Crippen molar-refractivity contribution in [1.82, 2.24) is 10.2 Å². The summed E-state index contributed by atoms with van der Waals surface area (Å²) in [6, 6.07) is 8.38. The summed E-state index contributed by atoms with van der Waals surface area (Å²) in [7, 11) is 1.58. The number of amides is 2. The predicted molar refractivity (Wildman–Crippen MR) is 98.6 cm³/mol. The first kappa shape index (κ1) is 19.2. The number of methoxy groups -OCH3 is 1. The van der Waals surface area contributed by atoms with Crippen LogP contribution >= 0.6 is 0 Å². The number of nitrogens with zero attached hydrogens (tertiary/aromatic N) is 2. The topological polar surface area (TPSA) is 61.9 Å². The summed E-state index contributed by atoms with van der Waals surface area (Å²) in [6.07, 6.45) is 0. The Kier molecular flexibility index (Phi) is 6.42. The largest absolute Gasteiger partial charge is 0.383 e. The van der Waals surface area contributed by atoms with Crippen LogP contribution in [-0.2, 0) is 14.3 Å². The zero-order chi connectivity index (χ0) is 18.4. The molecule has 6 heteroatoms. The van der Waals surface area contributed by atoms with E-state index in [1.54, 1.807) is 25.9 Å². The lowest BCUT2D eigenvalue weighted by molar-refractivity contribution is -0.148. The summed E-state index contributed by atoms with van der Waals surface area (Å²) in [5, 5.41) is 2.76. The van der Waals surface area contributed by atoms with Gasteiger partial charge in [-0.3, -0.25) is 9.59 Å². The fourth-order valence-electron chi connectivity index (χ4n) is 2.97. The molecule has 1 aromatic carbocycles. The second-order valence-corrected chi connectivity index (χ2v) is 6.99. The molecule has 0 radical (unpaired) electrons. The maximum atomic E-state index is 12.8. The maximum Gasteiger partial charge on any atom is 0.237 e. The number of benzene rings is 1. The number of rotatable bonds is 6. The van der Waals surface area contributed by atoms with Gasteiger partial charge < -0.3 is 19.9 Å². The molecule has 0 unspecified atom stereocenters. The number of carbonyl (C=O) groups excluding carboxylic acids is 2. The lowest BCUT2D eigenvalue weighted by Gasteiger charge is -2.39. The van der Waals surface area contributed by atoms with Crippen LogP contribution in [0.5, 0.6) is 0 Å². The third kappa shape index (κ3) is 4.72. The van der Waals surface area contributed by atoms with Crippen LogP contribution in [0.3, 0.4) is 0 Å². The van der Waals surface area contributed by atoms with Gasteiger partial charge in [-0.05, 0) is 38.5 Å². The molecule has 1 fully saturated rings. The van der Waals surface area contributed by atoms with E-state index in [4.69, 9.17) is 4.74 Å². The highest BCUT2D eigenvalue weighted by Crippen LogP contribution is 2.23. The molecular weight excluding hydrogens is 318 g/mol. The lowest BCUT2D eigenvalue weighted by atomic mass is 9.90. The number of ether oxygens (including phenoxy) is 1. The van der Waals surface area contributed by atoms with Gasteiger partial charge in [0.2, 0.25) is 11.8 Å². The summed E-state index contributed by atoms with van der Waals surface area (Å²) in [4.78, 5) is 29.2. The van der Waals surface area contributed by atoms with E-state index in [9.17, 15) is 9.59 Å². The molecule has 1 heterocycles. The highest BCUT2D eigenvalue weighted by Gasteiger charge is 2.39. The fourth-order valence-corrected chi connectivity index (χ4v) is 2.97. The second kappa shape index (κ2) is 8.34. The standard InChI is InChI=1S/C19H29N3O3/c1-15-6-5-7-16(14-15)21-9-11-22(12-10-21)18(24)19(2,3)17(23)20-8-13-25-4/h5-7,14H,8-13H2,1-4H3,(H,20,23). The van der Waals surface area contributed by atoms with Gasteiger partial charge >= 0.3 is 0 Å². The minimum absolute atomic E-state index is 0.119. The number of hydrogen-bond donors (Lipinski definition) is 1. The van der Waals surface area contributed by atoms with E-state index in [1.165, 1.54) is 11.3 Å². The van der Waals surface area contributed by atoms with Crippen LogP contribution < -0.4 is 10.2 Å². The van der Waals surface area contributed by atoms with Crippen molar-refractivity contribution in [2.24, 2.45) is 5.41 Å². The summed E-state index contributed by atoms with van der Waals surface area (Å²) in [5.74, 6) is -0.373. The molecular formula is C19H29N3O3. The molecule has 0 aromatic heterocycles. The Labute approximate surface area is 150 Å². The highest BCUT2D eigenvalue weighted by molar-refractivity contribution is 6.04. The molecule has 0 bridgehead atoms. The summed E-state index contributed by atoms with van der Waals surface area (Å²) in [5.41, 5.74) is 1.34. The first-order valence-corrected chi connectivity index (χ1v) is 8.74. The molecule has 0 aliphatic carbocycles. The first-order valence-electron chi connectivity index (χ1n) is 8.74. The van der Waals surface area contributed by atoms with Crippen molar-refractivity contribution in [3.63, 3.8) is 0 Å². The monoisotopic (exact) mass is 347 g/mol. The molecule has 1 saturated heterocycles. The quantitative estimate of drug-likeness (QED) is 0.625. The van der Waals surface area contributed by atoms with Crippen molar-refractivity contribution in [2.75, 3.05) is 51.3 Å². The molecule has 2 amide bonds. The SMILES string of the molecule is COCCNC(=O)C(C)(C)C(=O)N1CCN(c2cccc(C)c2)CC1. The molecule has 1 N–H and O–H groups in total. The lowest BCUT2D eigenvalue weighted by Crippen LogP contribution is -2.55.